The first kappa shape index (κ1) is 16.5. The van der Waals surface area contributed by atoms with E-state index in [9.17, 15) is 17.6 Å². The Morgan fingerprint density at radius 1 is 1.48 bits per heavy atom. The number of rotatable bonds is 4. The normalized spacial score (nSPS) is 18.7. The van der Waals surface area contributed by atoms with Crippen LogP contribution >= 0.6 is 22.3 Å². The van der Waals surface area contributed by atoms with Gasteiger partial charge in [0.25, 0.3) is 15.0 Å². The van der Waals surface area contributed by atoms with Crippen LogP contribution < -0.4 is 5.32 Å². The molecule has 1 aromatic rings. The van der Waals surface area contributed by atoms with E-state index < -0.39 is 31.2 Å². The Bertz CT molecular complexity index is 659. The van der Waals surface area contributed by atoms with Crippen LogP contribution in [-0.4, -0.2) is 34.1 Å². The maximum Gasteiger partial charge on any atom is 0.264 e. The second-order valence-corrected chi connectivity index (χ2v) is 7.61. The zero-order valence-corrected chi connectivity index (χ0v) is 13.1. The highest BCUT2D eigenvalue weighted by atomic mass is 35.7. The fourth-order valence-electron chi connectivity index (χ4n) is 1.98. The molecule has 1 amide bonds. The van der Waals surface area contributed by atoms with Crippen LogP contribution in [0.3, 0.4) is 0 Å². The molecule has 1 heterocycles. The van der Waals surface area contributed by atoms with Gasteiger partial charge < -0.3 is 10.1 Å². The van der Waals surface area contributed by atoms with Crippen molar-refractivity contribution in [2.24, 2.45) is 5.92 Å². The lowest BCUT2D eigenvalue weighted by molar-refractivity contribution is 0.0940. The number of nitrogens with one attached hydrogen (secondary N) is 1. The first-order chi connectivity index (χ1) is 9.79. The van der Waals surface area contributed by atoms with Crippen molar-refractivity contribution in [3.8, 4) is 0 Å². The minimum Gasteiger partial charge on any atom is -0.381 e. The van der Waals surface area contributed by atoms with Gasteiger partial charge in [0, 0.05) is 34.8 Å². The quantitative estimate of drug-likeness (QED) is 0.840. The molecule has 1 aliphatic heterocycles. The second kappa shape index (κ2) is 6.48. The Labute approximate surface area is 130 Å². The minimum atomic E-state index is -4.33. The van der Waals surface area contributed by atoms with E-state index in [4.69, 9.17) is 27.0 Å². The smallest absolute Gasteiger partial charge is 0.264 e. The first-order valence-electron chi connectivity index (χ1n) is 6.08. The molecule has 0 radical (unpaired) electrons. The van der Waals surface area contributed by atoms with Crippen molar-refractivity contribution >= 4 is 37.2 Å². The van der Waals surface area contributed by atoms with Gasteiger partial charge in [0.1, 0.15) is 4.90 Å². The third kappa shape index (κ3) is 4.06. The molecular weight excluding hydrogens is 344 g/mol. The average Bonchev–Trinajstić information content (AvgIpc) is 2.90. The summed E-state index contributed by atoms with van der Waals surface area (Å²) in [5, 5.41) is 2.44. The van der Waals surface area contributed by atoms with Gasteiger partial charge >= 0.3 is 0 Å². The van der Waals surface area contributed by atoms with Gasteiger partial charge in [0.15, 0.2) is 5.82 Å². The Balaban J connectivity index is 2.22. The van der Waals surface area contributed by atoms with Gasteiger partial charge in [-0.05, 0) is 18.6 Å². The first-order valence-corrected chi connectivity index (χ1v) is 8.77. The van der Waals surface area contributed by atoms with Crippen LogP contribution in [0.2, 0.25) is 5.02 Å². The lowest BCUT2D eigenvalue weighted by atomic mass is 10.1. The van der Waals surface area contributed by atoms with Crippen LogP contribution in [0.5, 0.6) is 0 Å². The lowest BCUT2D eigenvalue weighted by Crippen LogP contribution is -2.30. The zero-order chi connectivity index (χ0) is 15.6. The molecule has 0 spiro atoms. The molecule has 2 rings (SSSR count). The number of hydrogen-bond donors (Lipinski definition) is 1. The summed E-state index contributed by atoms with van der Waals surface area (Å²) in [4.78, 5) is 11.2. The predicted molar refractivity (Wildman–Crippen MR) is 75.7 cm³/mol. The fourth-order valence-corrected chi connectivity index (χ4v) is 3.19. The fraction of sp³-hybridized carbons (Fsp3) is 0.417. The SMILES string of the molecule is O=C(NCC1CCOC1)c1cc(Cl)cc(S(=O)(=O)Cl)c1F. The molecule has 1 aliphatic rings. The zero-order valence-electron chi connectivity index (χ0n) is 10.7. The Morgan fingerprint density at radius 2 is 2.19 bits per heavy atom. The number of benzene rings is 1. The molecule has 0 bridgehead atoms. The number of ether oxygens (including phenoxy) is 1. The van der Waals surface area contributed by atoms with E-state index in [1.807, 2.05) is 0 Å². The molecule has 0 aromatic heterocycles. The van der Waals surface area contributed by atoms with E-state index in [1.165, 1.54) is 0 Å². The molecule has 0 aliphatic carbocycles. The standard InChI is InChI=1S/C12H12Cl2FNO4S/c13-8-3-9(11(15)10(4-8)21(14,18)19)12(17)16-5-7-1-2-20-6-7/h3-4,7H,1-2,5-6H2,(H,16,17). The molecule has 1 saturated heterocycles. The van der Waals surface area contributed by atoms with Crippen LogP contribution in [0.4, 0.5) is 4.39 Å². The molecule has 116 valence electrons. The third-order valence-corrected chi connectivity index (χ3v) is 4.63. The summed E-state index contributed by atoms with van der Waals surface area (Å²) < 4.78 is 41.8. The lowest BCUT2D eigenvalue weighted by Gasteiger charge is -2.11. The van der Waals surface area contributed by atoms with Crippen molar-refractivity contribution in [2.75, 3.05) is 19.8 Å². The summed E-state index contributed by atoms with van der Waals surface area (Å²) in [6.45, 7) is 1.47. The van der Waals surface area contributed by atoms with Gasteiger partial charge in [-0.3, -0.25) is 4.79 Å². The Morgan fingerprint density at radius 3 is 2.76 bits per heavy atom. The van der Waals surface area contributed by atoms with Crippen molar-refractivity contribution < 1.29 is 22.3 Å². The number of carbonyl (C=O) groups excluding carboxylic acids is 1. The van der Waals surface area contributed by atoms with E-state index in [0.29, 0.717) is 19.8 Å². The summed E-state index contributed by atoms with van der Waals surface area (Å²) in [5.74, 6) is -1.80. The molecule has 1 N–H and O–H groups in total. The van der Waals surface area contributed by atoms with E-state index >= 15 is 0 Å². The Kier molecular flexibility index (Phi) is 5.08. The van der Waals surface area contributed by atoms with Gasteiger partial charge in [0.2, 0.25) is 0 Å². The van der Waals surface area contributed by atoms with Gasteiger partial charge in [-0.1, -0.05) is 11.6 Å². The number of halogens is 3. The van der Waals surface area contributed by atoms with Crippen molar-refractivity contribution in [3.05, 3.63) is 28.5 Å². The van der Waals surface area contributed by atoms with Gasteiger partial charge in [-0.25, -0.2) is 12.8 Å². The summed E-state index contributed by atoms with van der Waals surface area (Å²) in [6.07, 6.45) is 0.805. The number of hydrogen-bond acceptors (Lipinski definition) is 4. The van der Waals surface area contributed by atoms with Crippen molar-refractivity contribution in [2.45, 2.75) is 11.3 Å². The number of amides is 1. The Hall–Kier alpha value is -0.890. The van der Waals surface area contributed by atoms with Crippen LogP contribution in [0.15, 0.2) is 17.0 Å². The van der Waals surface area contributed by atoms with Crippen LogP contribution in [0, 0.1) is 11.7 Å². The van der Waals surface area contributed by atoms with Crippen molar-refractivity contribution in [1.82, 2.24) is 5.32 Å². The third-order valence-electron chi connectivity index (χ3n) is 3.09. The predicted octanol–water partition coefficient (Wildman–Crippen LogP) is 2.17. The maximum atomic E-state index is 14.1. The molecular formula is C12H12Cl2FNO4S. The van der Waals surface area contributed by atoms with E-state index in [-0.39, 0.29) is 10.9 Å². The topological polar surface area (TPSA) is 72.5 Å². The van der Waals surface area contributed by atoms with Gasteiger partial charge in [0.05, 0.1) is 12.2 Å². The minimum absolute atomic E-state index is 0.0926. The maximum absolute atomic E-state index is 14.1. The van der Waals surface area contributed by atoms with Crippen LogP contribution in [0.1, 0.15) is 16.8 Å². The van der Waals surface area contributed by atoms with Crippen LogP contribution in [0.25, 0.3) is 0 Å². The molecule has 1 fully saturated rings. The summed E-state index contributed by atoms with van der Waals surface area (Å²) in [7, 11) is 0.789. The molecule has 5 nitrogen and oxygen atoms in total. The highest BCUT2D eigenvalue weighted by Gasteiger charge is 2.24. The van der Waals surface area contributed by atoms with Crippen LogP contribution in [-0.2, 0) is 13.8 Å². The molecule has 9 heteroatoms. The molecule has 0 saturated carbocycles. The summed E-state index contributed by atoms with van der Waals surface area (Å²) in [6, 6.07) is 1.92. The van der Waals surface area contributed by atoms with E-state index in [0.717, 1.165) is 18.6 Å². The van der Waals surface area contributed by atoms with Crippen molar-refractivity contribution in [1.29, 1.82) is 0 Å². The molecule has 21 heavy (non-hydrogen) atoms. The largest absolute Gasteiger partial charge is 0.381 e. The van der Waals surface area contributed by atoms with Crippen molar-refractivity contribution in [3.63, 3.8) is 0 Å². The highest BCUT2D eigenvalue weighted by molar-refractivity contribution is 8.13. The van der Waals surface area contributed by atoms with E-state index in [2.05, 4.69) is 5.32 Å². The summed E-state index contributed by atoms with van der Waals surface area (Å²) >= 11 is 5.71. The molecule has 1 unspecified atom stereocenters. The molecule has 1 atom stereocenters. The van der Waals surface area contributed by atoms with Gasteiger partial charge in [-0.15, -0.1) is 0 Å². The second-order valence-electron chi connectivity index (χ2n) is 4.64. The summed E-state index contributed by atoms with van der Waals surface area (Å²) in [5.41, 5.74) is -0.458. The highest BCUT2D eigenvalue weighted by Crippen LogP contribution is 2.26. The number of carbonyl (C=O) groups is 1. The monoisotopic (exact) mass is 355 g/mol. The van der Waals surface area contributed by atoms with E-state index in [1.54, 1.807) is 0 Å². The molecule has 1 aromatic carbocycles. The van der Waals surface area contributed by atoms with Gasteiger partial charge in [-0.2, -0.15) is 0 Å². The average molecular weight is 356 g/mol.